The molecule has 0 amide bonds. The van der Waals surface area contributed by atoms with E-state index in [0.29, 0.717) is 12.6 Å². The number of ether oxygens (including phenoxy) is 1. The highest BCUT2D eigenvalue weighted by Gasteiger charge is 2.21. The van der Waals surface area contributed by atoms with Crippen molar-refractivity contribution in [1.82, 2.24) is 10.6 Å². The zero-order valence-corrected chi connectivity index (χ0v) is 11.6. The molecule has 2 N–H and O–H groups in total. The van der Waals surface area contributed by atoms with Gasteiger partial charge in [0.25, 0.3) is 0 Å². The number of benzene rings is 1. The van der Waals surface area contributed by atoms with Gasteiger partial charge >= 0.3 is 0 Å². The molecule has 0 aliphatic heterocycles. The van der Waals surface area contributed by atoms with Crippen molar-refractivity contribution in [2.75, 3.05) is 13.2 Å². The number of aryl methyl sites for hydroxylation is 1. The Morgan fingerprint density at radius 1 is 1.33 bits per heavy atom. The van der Waals surface area contributed by atoms with Crippen LogP contribution < -0.4 is 15.4 Å². The summed E-state index contributed by atoms with van der Waals surface area (Å²) in [5.74, 6) is 0.912. The lowest BCUT2D eigenvalue weighted by Gasteiger charge is -2.10. The Bertz CT molecular complexity index is 387. The SMILES string of the molecule is CCc1ccc(OCCNC(=S)NC2CC2)cc1. The van der Waals surface area contributed by atoms with Gasteiger partial charge in [0.05, 0.1) is 6.54 Å². The maximum absolute atomic E-state index is 5.63. The first kappa shape index (κ1) is 13.1. The van der Waals surface area contributed by atoms with E-state index in [1.807, 2.05) is 12.1 Å². The Kier molecular flexibility index (Phi) is 4.81. The smallest absolute Gasteiger partial charge is 0.166 e. The van der Waals surface area contributed by atoms with Gasteiger partial charge in [0, 0.05) is 6.04 Å². The first-order valence-corrected chi connectivity index (χ1v) is 6.95. The van der Waals surface area contributed by atoms with Crippen molar-refractivity contribution in [2.24, 2.45) is 0 Å². The highest BCUT2D eigenvalue weighted by atomic mass is 32.1. The Labute approximate surface area is 114 Å². The van der Waals surface area contributed by atoms with Crippen LogP contribution >= 0.6 is 12.2 Å². The fourth-order valence-corrected chi connectivity index (χ4v) is 1.89. The van der Waals surface area contributed by atoms with Gasteiger partial charge in [-0.2, -0.15) is 0 Å². The normalized spacial score (nSPS) is 14.1. The van der Waals surface area contributed by atoms with Gasteiger partial charge in [0.2, 0.25) is 0 Å². The maximum atomic E-state index is 5.63. The molecule has 0 atom stereocenters. The molecule has 0 radical (unpaired) electrons. The lowest BCUT2D eigenvalue weighted by atomic mass is 10.2. The molecule has 0 heterocycles. The highest BCUT2D eigenvalue weighted by molar-refractivity contribution is 7.80. The minimum atomic E-state index is 0.604. The van der Waals surface area contributed by atoms with Crippen molar-refractivity contribution in [1.29, 1.82) is 0 Å². The van der Waals surface area contributed by atoms with Gasteiger partial charge in [-0.3, -0.25) is 0 Å². The van der Waals surface area contributed by atoms with E-state index in [2.05, 4.69) is 29.7 Å². The van der Waals surface area contributed by atoms with Crippen LogP contribution in [0.3, 0.4) is 0 Å². The van der Waals surface area contributed by atoms with Crippen LogP contribution in [0.2, 0.25) is 0 Å². The molecule has 18 heavy (non-hydrogen) atoms. The van der Waals surface area contributed by atoms with Crippen LogP contribution in [-0.4, -0.2) is 24.3 Å². The van der Waals surface area contributed by atoms with Crippen molar-refractivity contribution >= 4 is 17.3 Å². The summed E-state index contributed by atoms with van der Waals surface area (Å²) in [7, 11) is 0. The van der Waals surface area contributed by atoms with E-state index >= 15 is 0 Å². The van der Waals surface area contributed by atoms with Gasteiger partial charge in [-0.15, -0.1) is 0 Å². The maximum Gasteiger partial charge on any atom is 0.166 e. The Morgan fingerprint density at radius 3 is 2.67 bits per heavy atom. The van der Waals surface area contributed by atoms with E-state index in [9.17, 15) is 0 Å². The van der Waals surface area contributed by atoms with Crippen LogP contribution in [0.4, 0.5) is 0 Å². The van der Waals surface area contributed by atoms with Gasteiger partial charge in [-0.25, -0.2) is 0 Å². The summed E-state index contributed by atoms with van der Waals surface area (Å²) in [6, 6.07) is 8.83. The predicted molar refractivity (Wildman–Crippen MR) is 78.1 cm³/mol. The molecule has 0 bridgehead atoms. The van der Waals surface area contributed by atoms with E-state index in [1.54, 1.807) is 0 Å². The molecule has 0 saturated heterocycles. The summed E-state index contributed by atoms with van der Waals surface area (Å²) >= 11 is 5.16. The Morgan fingerprint density at radius 2 is 2.06 bits per heavy atom. The zero-order chi connectivity index (χ0) is 12.8. The van der Waals surface area contributed by atoms with Crippen LogP contribution in [0.15, 0.2) is 24.3 Å². The standard InChI is InChI=1S/C14H20N2OS/c1-2-11-3-7-13(8-4-11)17-10-9-15-14(18)16-12-5-6-12/h3-4,7-8,12H,2,5-6,9-10H2,1H3,(H2,15,16,18). The second-order valence-electron chi connectivity index (χ2n) is 4.52. The van der Waals surface area contributed by atoms with Crippen LogP contribution in [0.5, 0.6) is 5.75 Å². The summed E-state index contributed by atoms with van der Waals surface area (Å²) < 4.78 is 5.63. The van der Waals surface area contributed by atoms with E-state index < -0.39 is 0 Å². The second kappa shape index (κ2) is 6.59. The number of thiocarbonyl (C=S) groups is 1. The third-order valence-corrected chi connectivity index (χ3v) is 3.16. The van der Waals surface area contributed by atoms with Crippen molar-refractivity contribution in [2.45, 2.75) is 32.2 Å². The molecule has 1 aliphatic rings. The third-order valence-electron chi connectivity index (χ3n) is 2.90. The second-order valence-corrected chi connectivity index (χ2v) is 4.93. The van der Waals surface area contributed by atoms with Gasteiger partial charge in [0.1, 0.15) is 12.4 Å². The summed E-state index contributed by atoms with van der Waals surface area (Å²) in [5, 5.41) is 7.11. The van der Waals surface area contributed by atoms with Crippen LogP contribution in [0, 0.1) is 0 Å². The topological polar surface area (TPSA) is 33.3 Å². The fourth-order valence-electron chi connectivity index (χ4n) is 1.62. The summed E-state index contributed by atoms with van der Waals surface area (Å²) in [6.07, 6.45) is 3.53. The fraction of sp³-hybridized carbons (Fsp3) is 0.500. The highest BCUT2D eigenvalue weighted by Crippen LogP contribution is 2.18. The molecule has 0 aromatic heterocycles. The molecule has 1 aromatic carbocycles. The molecule has 1 aliphatic carbocycles. The van der Waals surface area contributed by atoms with Gasteiger partial charge in [-0.1, -0.05) is 19.1 Å². The average molecular weight is 264 g/mol. The van der Waals surface area contributed by atoms with E-state index in [4.69, 9.17) is 17.0 Å². The Balaban J connectivity index is 1.60. The molecule has 98 valence electrons. The van der Waals surface area contributed by atoms with Crippen molar-refractivity contribution in [3.8, 4) is 5.75 Å². The third kappa shape index (κ3) is 4.53. The predicted octanol–water partition coefficient (Wildman–Crippen LogP) is 2.25. The van der Waals surface area contributed by atoms with Gasteiger partial charge in [-0.05, 0) is 49.2 Å². The number of hydrogen-bond donors (Lipinski definition) is 2. The van der Waals surface area contributed by atoms with Crippen LogP contribution in [-0.2, 0) is 6.42 Å². The summed E-state index contributed by atoms with van der Waals surface area (Å²) in [5.41, 5.74) is 1.33. The molecular weight excluding hydrogens is 244 g/mol. The zero-order valence-electron chi connectivity index (χ0n) is 10.7. The molecule has 2 rings (SSSR count). The van der Waals surface area contributed by atoms with Gasteiger partial charge in [0.15, 0.2) is 5.11 Å². The minimum absolute atomic E-state index is 0.604. The van der Waals surface area contributed by atoms with Crippen LogP contribution in [0.1, 0.15) is 25.3 Å². The summed E-state index contributed by atoms with van der Waals surface area (Å²) in [4.78, 5) is 0. The number of hydrogen-bond acceptors (Lipinski definition) is 2. The molecule has 1 saturated carbocycles. The van der Waals surface area contributed by atoms with Crippen molar-refractivity contribution in [3.63, 3.8) is 0 Å². The summed E-state index contributed by atoms with van der Waals surface area (Å²) in [6.45, 7) is 3.50. The van der Waals surface area contributed by atoms with Crippen LogP contribution in [0.25, 0.3) is 0 Å². The van der Waals surface area contributed by atoms with Crippen molar-refractivity contribution < 1.29 is 4.74 Å². The van der Waals surface area contributed by atoms with E-state index in [-0.39, 0.29) is 0 Å². The minimum Gasteiger partial charge on any atom is -0.492 e. The number of rotatable bonds is 6. The van der Waals surface area contributed by atoms with E-state index in [0.717, 1.165) is 23.8 Å². The molecule has 3 nitrogen and oxygen atoms in total. The molecular formula is C14H20N2OS. The first-order chi connectivity index (χ1) is 8.78. The largest absolute Gasteiger partial charge is 0.492 e. The van der Waals surface area contributed by atoms with Gasteiger partial charge < -0.3 is 15.4 Å². The first-order valence-electron chi connectivity index (χ1n) is 6.54. The quantitative estimate of drug-likeness (QED) is 0.610. The monoisotopic (exact) mass is 264 g/mol. The molecule has 0 unspecified atom stereocenters. The molecule has 4 heteroatoms. The molecule has 1 aromatic rings. The van der Waals surface area contributed by atoms with Crippen molar-refractivity contribution in [3.05, 3.63) is 29.8 Å². The molecule has 0 spiro atoms. The lowest BCUT2D eigenvalue weighted by molar-refractivity contribution is 0.322. The van der Waals surface area contributed by atoms with E-state index in [1.165, 1.54) is 18.4 Å². The lowest BCUT2D eigenvalue weighted by Crippen LogP contribution is -2.38. The average Bonchev–Trinajstić information content (AvgIpc) is 3.19. The molecule has 1 fully saturated rings. The Hall–Kier alpha value is -1.29. The number of nitrogens with one attached hydrogen (secondary N) is 2.